The van der Waals surface area contributed by atoms with Crippen LogP contribution in [0.5, 0.6) is 0 Å². The zero-order chi connectivity index (χ0) is 21.3. The molecule has 0 saturated heterocycles. The number of nitrogens with one attached hydrogen (secondary N) is 1. The second-order valence-corrected chi connectivity index (χ2v) is 6.60. The van der Waals surface area contributed by atoms with Crippen molar-refractivity contribution in [2.45, 2.75) is 6.92 Å². The molecule has 1 heterocycles. The van der Waals surface area contributed by atoms with E-state index in [4.69, 9.17) is 0 Å². The zero-order valence-electron chi connectivity index (χ0n) is 15.9. The molecule has 0 fully saturated rings. The number of carbonyl (C=O) groups excluding carboxylic acids is 1. The second-order valence-electron chi connectivity index (χ2n) is 6.60. The van der Waals surface area contributed by atoms with Crippen molar-refractivity contribution in [3.8, 4) is 5.69 Å². The van der Waals surface area contributed by atoms with Crippen LogP contribution in [0.2, 0.25) is 0 Å². The number of carbonyl (C=O) groups is 1. The monoisotopic (exact) mass is 400 g/mol. The minimum Gasteiger partial charge on any atom is -0.322 e. The van der Waals surface area contributed by atoms with Gasteiger partial charge < -0.3 is 5.32 Å². The van der Waals surface area contributed by atoms with Gasteiger partial charge in [0.25, 0.3) is 17.2 Å². The number of hydrogen-bond acceptors (Lipinski definition) is 5. The Bertz CT molecular complexity index is 1360. The molecule has 0 aliphatic carbocycles. The normalized spacial score (nSPS) is 10.7. The van der Waals surface area contributed by atoms with Crippen molar-refractivity contribution in [2.75, 3.05) is 5.32 Å². The summed E-state index contributed by atoms with van der Waals surface area (Å²) in [6.07, 6.45) is 0. The van der Waals surface area contributed by atoms with E-state index >= 15 is 0 Å². The third-order valence-corrected chi connectivity index (χ3v) is 4.65. The quantitative estimate of drug-likeness (QED) is 0.413. The van der Waals surface area contributed by atoms with E-state index in [1.807, 2.05) is 6.07 Å². The molecule has 1 amide bonds. The fourth-order valence-corrected chi connectivity index (χ4v) is 3.29. The fraction of sp³-hybridized carbons (Fsp3) is 0.0455. The maximum atomic E-state index is 13.0. The van der Waals surface area contributed by atoms with Crippen LogP contribution in [0.3, 0.4) is 0 Å². The molecule has 0 unspecified atom stereocenters. The van der Waals surface area contributed by atoms with Gasteiger partial charge in [0.15, 0.2) is 0 Å². The third kappa shape index (κ3) is 3.42. The van der Waals surface area contributed by atoms with Crippen LogP contribution in [-0.4, -0.2) is 20.4 Å². The lowest BCUT2D eigenvalue weighted by Crippen LogP contribution is -2.22. The Labute approximate surface area is 170 Å². The summed E-state index contributed by atoms with van der Waals surface area (Å²) in [6, 6.07) is 19.5. The molecule has 3 aromatic carbocycles. The highest BCUT2D eigenvalue weighted by Gasteiger charge is 2.19. The van der Waals surface area contributed by atoms with Gasteiger partial charge in [-0.1, -0.05) is 30.3 Å². The second kappa shape index (κ2) is 7.59. The summed E-state index contributed by atoms with van der Waals surface area (Å²) in [6.45, 7) is 1.73. The smallest absolute Gasteiger partial charge is 0.282 e. The predicted octanol–water partition coefficient (Wildman–Crippen LogP) is 3.85. The van der Waals surface area contributed by atoms with Crippen LogP contribution in [0.4, 0.5) is 11.4 Å². The molecular weight excluding hydrogens is 384 g/mol. The SMILES string of the molecule is Cc1nc2ccccc2c(=O)n1-c1cccc(NC(=O)c2ccccc2[N+](=O)[O-])c1. The van der Waals surface area contributed by atoms with Crippen LogP contribution in [0.15, 0.2) is 77.6 Å². The van der Waals surface area contributed by atoms with Crippen LogP contribution in [-0.2, 0) is 0 Å². The summed E-state index contributed by atoms with van der Waals surface area (Å²) in [7, 11) is 0. The van der Waals surface area contributed by atoms with Gasteiger partial charge in [-0.3, -0.25) is 24.3 Å². The van der Waals surface area contributed by atoms with Crippen LogP contribution in [0, 0.1) is 17.0 Å². The van der Waals surface area contributed by atoms with E-state index in [0.717, 1.165) is 0 Å². The first kappa shape index (κ1) is 19.0. The molecular formula is C22H16N4O4. The average molecular weight is 400 g/mol. The van der Waals surface area contributed by atoms with E-state index in [-0.39, 0.29) is 16.8 Å². The van der Waals surface area contributed by atoms with Crippen LogP contribution in [0.25, 0.3) is 16.6 Å². The molecule has 0 aliphatic rings. The average Bonchev–Trinajstić information content (AvgIpc) is 2.74. The summed E-state index contributed by atoms with van der Waals surface area (Å²) < 4.78 is 1.46. The Morgan fingerprint density at radius 1 is 1.03 bits per heavy atom. The van der Waals surface area contributed by atoms with E-state index in [1.165, 1.54) is 22.8 Å². The summed E-state index contributed by atoms with van der Waals surface area (Å²) >= 11 is 0. The summed E-state index contributed by atoms with van der Waals surface area (Å²) in [5, 5.41) is 14.3. The Kier molecular flexibility index (Phi) is 4.81. The lowest BCUT2D eigenvalue weighted by atomic mass is 10.1. The highest BCUT2D eigenvalue weighted by molar-refractivity contribution is 6.07. The number of anilines is 1. The Balaban J connectivity index is 1.73. The third-order valence-electron chi connectivity index (χ3n) is 4.65. The highest BCUT2D eigenvalue weighted by atomic mass is 16.6. The molecule has 30 heavy (non-hydrogen) atoms. The predicted molar refractivity (Wildman–Crippen MR) is 113 cm³/mol. The number of benzene rings is 3. The summed E-state index contributed by atoms with van der Waals surface area (Å²) in [5.41, 5.74) is 0.981. The van der Waals surface area contributed by atoms with Crippen molar-refractivity contribution in [1.82, 2.24) is 9.55 Å². The van der Waals surface area contributed by atoms with Crippen molar-refractivity contribution in [2.24, 2.45) is 0 Å². The molecule has 0 atom stereocenters. The maximum absolute atomic E-state index is 13.0. The van der Waals surface area contributed by atoms with Crippen molar-refractivity contribution in [1.29, 1.82) is 0 Å². The fourth-order valence-electron chi connectivity index (χ4n) is 3.29. The van der Waals surface area contributed by atoms with Gasteiger partial charge in [-0.25, -0.2) is 4.98 Å². The lowest BCUT2D eigenvalue weighted by Gasteiger charge is -2.12. The molecule has 1 aromatic heterocycles. The van der Waals surface area contributed by atoms with Gasteiger partial charge >= 0.3 is 0 Å². The number of rotatable bonds is 4. The number of amides is 1. The Morgan fingerprint density at radius 2 is 1.77 bits per heavy atom. The minimum absolute atomic E-state index is 0.0476. The largest absolute Gasteiger partial charge is 0.322 e. The topological polar surface area (TPSA) is 107 Å². The molecule has 4 rings (SSSR count). The number of aromatic nitrogens is 2. The van der Waals surface area contributed by atoms with Crippen LogP contribution < -0.4 is 10.9 Å². The van der Waals surface area contributed by atoms with Crippen molar-refractivity contribution >= 4 is 28.2 Å². The summed E-state index contributed by atoms with van der Waals surface area (Å²) in [5.74, 6) is -0.110. The molecule has 0 saturated carbocycles. The standard InChI is InChI=1S/C22H16N4O4/c1-14-23-19-11-4-2-9-17(19)22(28)25(14)16-8-6-7-15(13-16)24-21(27)18-10-3-5-12-20(18)26(29)30/h2-13H,1H3,(H,24,27). The van der Waals surface area contributed by atoms with Gasteiger partial charge in [0.2, 0.25) is 0 Å². The number of aryl methyl sites for hydroxylation is 1. The van der Waals surface area contributed by atoms with Gasteiger partial charge in [-0.15, -0.1) is 0 Å². The van der Waals surface area contributed by atoms with E-state index in [9.17, 15) is 19.7 Å². The van der Waals surface area contributed by atoms with Crippen molar-refractivity contribution < 1.29 is 9.72 Å². The molecule has 148 valence electrons. The van der Waals surface area contributed by atoms with E-state index in [2.05, 4.69) is 10.3 Å². The number of hydrogen-bond donors (Lipinski definition) is 1. The molecule has 0 spiro atoms. The zero-order valence-corrected chi connectivity index (χ0v) is 15.9. The first-order valence-electron chi connectivity index (χ1n) is 9.09. The first-order chi connectivity index (χ1) is 14.5. The number of para-hydroxylation sites is 2. The van der Waals surface area contributed by atoms with Crippen molar-refractivity contribution in [3.05, 3.63) is 105 Å². The number of nitro benzene ring substituents is 1. The molecule has 8 heteroatoms. The molecule has 1 N–H and O–H groups in total. The van der Waals surface area contributed by atoms with Crippen molar-refractivity contribution in [3.63, 3.8) is 0 Å². The van der Waals surface area contributed by atoms with E-state index in [0.29, 0.717) is 28.1 Å². The van der Waals surface area contributed by atoms with Gasteiger partial charge in [-0.05, 0) is 43.3 Å². The van der Waals surface area contributed by atoms with Crippen LogP contribution >= 0.6 is 0 Å². The summed E-state index contributed by atoms with van der Waals surface area (Å²) in [4.78, 5) is 40.6. The van der Waals surface area contributed by atoms with Gasteiger partial charge in [-0.2, -0.15) is 0 Å². The lowest BCUT2D eigenvalue weighted by molar-refractivity contribution is -0.385. The van der Waals surface area contributed by atoms with E-state index < -0.39 is 10.8 Å². The number of nitrogens with zero attached hydrogens (tertiary/aromatic N) is 3. The molecule has 8 nitrogen and oxygen atoms in total. The number of fused-ring (bicyclic) bond motifs is 1. The van der Waals surface area contributed by atoms with Gasteiger partial charge in [0.05, 0.1) is 21.5 Å². The van der Waals surface area contributed by atoms with E-state index in [1.54, 1.807) is 55.5 Å². The Hall–Kier alpha value is -4.33. The maximum Gasteiger partial charge on any atom is 0.282 e. The highest BCUT2D eigenvalue weighted by Crippen LogP contribution is 2.21. The first-order valence-corrected chi connectivity index (χ1v) is 9.09. The van der Waals surface area contributed by atoms with Crippen LogP contribution in [0.1, 0.15) is 16.2 Å². The molecule has 0 aliphatic heterocycles. The van der Waals surface area contributed by atoms with Gasteiger partial charge in [0, 0.05) is 11.8 Å². The number of nitro groups is 1. The minimum atomic E-state index is -0.611. The Morgan fingerprint density at radius 3 is 2.57 bits per heavy atom. The molecule has 4 aromatic rings. The molecule has 0 bridgehead atoms. The molecule has 0 radical (unpaired) electrons. The van der Waals surface area contributed by atoms with Gasteiger partial charge in [0.1, 0.15) is 11.4 Å².